The highest BCUT2D eigenvalue weighted by molar-refractivity contribution is 5.98. The van der Waals surface area contributed by atoms with Gasteiger partial charge in [0.15, 0.2) is 5.78 Å². The summed E-state index contributed by atoms with van der Waals surface area (Å²) in [5, 5.41) is 0. The molecule has 18 heavy (non-hydrogen) atoms. The lowest BCUT2D eigenvalue weighted by Crippen LogP contribution is -2.11. The molecule has 4 heteroatoms. The van der Waals surface area contributed by atoms with E-state index in [1.807, 2.05) is 17.7 Å². The summed E-state index contributed by atoms with van der Waals surface area (Å²) in [6.07, 6.45) is 8.41. The van der Waals surface area contributed by atoms with Gasteiger partial charge in [-0.25, -0.2) is 4.98 Å². The van der Waals surface area contributed by atoms with E-state index in [2.05, 4.69) is 16.9 Å². The maximum atomic E-state index is 12.2. The minimum atomic E-state index is 0.0958. The van der Waals surface area contributed by atoms with E-state index in [1.54, 1.807) is 24.7 Å². The average molecular weight is 243 g/mol. The van der Waals surface area contributed by atoms with Crippen LogP contribution >= 0.6 is 0 Å². The normalized spacial score (nSPS) is 10.6. The average Bonchev–Trinajstić information content (AvgIpc) is 2.78. The first-order valence-electron chi connectivity index (χ1n) is 6.16. The lowest BCUT2D eigenvalue weighted by molar-refractivity contribution is 0.0989. The zero-order chi connectivity index (χ0) is 13.0. The predicted molar refractivity (Wildman–Crippen MR) is 69.5 cm³/mol. The van der Waals surface area contributed by atoms with Crippen LogP contribution in [-0.4, -0.2) is 20.3 Å². The second-order valence-electron chi connectivity index (χ2n) is 4.33. The van der Waals surface area contributed by atoms with Gasteiger partial charge in [0.1, 0.15) is 5.82 Å². The molecule has 0 N–H and O–H groups in total. The summed E-state index contributed by atoms with van der Waals surface area (Å²) < 4.78 is 2.04. The Hall–Kier alpha value is -1.97. The Morgan fingerprint density at radius 2 is 2.22 bits per heavy atom. The van der Waals surface area contributed by atoms with Gasteiger partial charge in [-0.1, -0.05) is 6.92 Å². The number of rotatable bonds is 5. The zero-order valence-corrected chi connectivity index (χ0v) is 10.8. The second kappa shape index (κ2) is 5.58. The highest BCUT2D eigenvalue weighted by atomic mass is 16.1. The lowest BCUT2D eigenvalue weighted by atomic mass is 10.1. The number of carbonyl (C=O) groups excluding carboxylic acids is 1. The largest absolute Gasteiger partial charge is 0.335 e. The lowest BCUT2D eigenvalue weighted by Gasteiger charge is -2.07. The third-order valence-corrected chi connectivity index (χ3v) is 2.91. The minimum Gasteiger partial charge on any atom is -0.335 e. The number of aryl methyl sites for hydroxylation is 2. The topological polar surface area (TPSA) is 47.8 Å². The van der Waals surface area contributed by atoms with Crippen LogP contribution in [-0.2, 0) is 13.0 Å². The Bertz CT molecular complexity index is 545. The number of hydrogen-bond acceptors (Lipinski definition) is 3. The van der Waals surface area contributed by atoms with Gasteiger partial charge in [0.05, 0.1) is 6.42 Å². The molecule has 0 atom stereocenters. The molecule has 0 saturated heterocycles. The van der Waals surface area contributed by atoms with Crippen LogP contribution in [0.15, 0.2) is 30.9 Å². The standard InChI is InChI=1S/C14H17N3O/c1-3-7-17-8-6-16-14(17)9-13(18)12-4-5-15-10-11(12)2/h4-6,8,10H,3,7,9H2,1-2H3. The molecule has 0 aromatic carbocycles. The van der Waals surface area contributed by atoms with E-state index in [1.165, 1.54) is 0 Å². The molecular weight excluding hydrogens is 226 g/mol. The second-order valence-corrected chi connectivity index (χ2v) is 4.33. The van der Waals surface area contributed by atoms with E-state index in [0.717, 1.165) is 29.9 Å². The summed E-state index contributed by atoms with van der Waals surface area (Å²) >= 11 is 0. The first kappa shape index (κ1) is 12.5. The summed E-state index contributed by atoms with van der Waals surface area (Å²) in [5.74, 6) is 0.927. The Kier molecular flexibility index (Phi) is 3.87. The highest BCUT2D eigenvalue weighted by Crippen LogP contribution is 2.10. The Morgan fingerprint density at radius 3 is 2.94 bits per heavy atom. The SMILES string of the molecule is CCCn1ccnc1CC(=O)c1ccncc1C. The smallest absolute Gasteiger partial charge is 0.170 e. The fourth-order valence-electron chi connectivity index (χ4n) is 1.98. The van der Waals surface area contributed by atoms with Gasteiger partial charge < -0.3 is 4.57 Å². The van der Waals surface area contributed by atoms with Gasteiger partial charge in [-0.05, 0) is 25.0 Å². The number of ketones is 1. The third-order valence-electron chi connectivity index (χ3n) is 2.91. The van der Waals surface area contributed by atoms with Crippen LogP contribution in [0.4, 0.5) is 0 Å². The first-order valence-corrected chi connectivity index (χ1v) is 6.16. The number of pyridine rings is 1. The van der Waals surface area contributed by atoms with Crippen molar-refractivity contribution in [1.82, 2.24) is 14.5 Å². The fraction of sp³-hybridized carbons (Fsp3) is 0.357. The number of carbonyl (C=O) groups is 1. The van der Waals surface area contributed by atoms with Crippen LogP contribution in [0.3, 0.4) is 0 Å². The van der Waals surface area contributed by atoms with Gasteiger partial charge in [-0.2, -0.15) is 0 Å². The molecule has 0 saturated carbocycles. The van der Waals surface area contributed by atoms with Crippen molar-refractivity contribution in [3.8, 4) is 0 Å². The molecule has 0 spiro atoms. The molecule has 4 nitrogen and oxygen atoms in total. The number of aromatic nitrogens is 3. The Balaban J connectivity index is 2.17. The van der Waals surface area contributed by atoms with Crippen LogP contribution < -0.4 is 0 Å². The maximum absolute atomic E-state index is 12.2. The molecule has 2 aromatic heterocycles. The molecule has 2 aromatic rings. The van der Waals surface area contributed by atoms with Crippen molar-refractivity contribution in [1.29, 1.82) is 0 Å². The summed E-state index contributed by atoms with van der Waals surface area (Å²) in [5.41, 5.74) is 1.65. The van der Waals surface area contributed by atoms with E-state index in [9.17, 15) is 4.79 Å². The fourth-order valence-corrected chi connectivity index (χ4v) is 1.98. The van der Waals surface area contributed by atoms with Gasteiger partial charge in [-0.15, -0.1) is 0 Å². The highest BCUT2D eigenvalue weighted by Gasteiger charge is 2.12. The van der Waals surface area contributed by atoms with Gasteiger partial charge >= 0.3 is 0 Å². The van der Waals surface area contributed by atoms with E-state index in [-0.39, 0.29) is 5.78 Å². The van der Waals surface area contributed by atoms with Crippen molar-refractivity contribution < 1.29 is 4.79 Å². The molecule has 0 aliphatic carbocycles. The van der Waals surface area contributed by atoms with Crippen LogP contribution in [0.5, 0.6) is 0 Å². The summed E-state index contributed by atoms with van der Waals surface area (Å²) in [6.45, 7) is 4.91. The molecule has 0 unspecified atom stereocenters. The first-order chi connectivity index (χ1) is 8.72. The molecular formula is C14H17N3O. The number of imidazole rings is 1. The van der Waals surface area contributed by atoms with Crippen molar-refractivity contribution in [2.24, 2.45) is 0 Å². The van der Waals surface area contributed by atoms with Gasteiger partial charge in [0, 0.05) is 36.9 Å². The molecule has 0 aliphatic rings. The van der Waals surface area contributed by atoms with Crippen LogP contribution in [0.1, 0.15) is 35.1 Å². The molecule has 0 amide bonds. The van der Waals surface area contributed by atoms with E-state index in [0.29, 0.717) is 6.42 Å². The van der Waals surface area contributed by atoms with Crippen LogP contribution in [0, 0.1) is 6.92 Å². The van der Waals surface area contributed by atoms with Crippen LogP contribution in [0.2, 0.25) is 0 Å². The molecule has 2 heterocycles. The van der Waals surface area contributed by atoms with Crippen molar-refractivity contribution in [3.05, 3.63) is 47.8 Å². The van der Waals surface area contributed by atoms with E-state index < -0.39 is 0 Å². The van der Waals surface area contributed by atoms with E-state index in [4.69, 9.17) is 0 Å². The third kappa shape index (κ3) is 2.64. The minimum absolute atomic E-state index is 0.0958. The molecule has 0 radical (unpaired) electrons. The molecule has 0 fully saturated rings. The number of Topliss-reactive ketones (excluding diaryl/α,β-unsaturated/α-hetero) is 1. The van der Waals surface area contributed by atoms with Gasteiger partial charge in [-0.3, -0.25) is 9.78 Å². The quantitative estimate of drug-likeness (QED) is 0.758. The maximum Gasteiger partial charge on any atom is 0.170 e. The number of hydrogen-bond donors (Lipinski definition) is 0. The molecule has 0 bridgehead atoms. The Labute approximate surface area is 107 Å². The van der Waals surface area contributed by atoms with E-state index >= 15 is 0 Å². The van der Waals surface area contributed by atoms with Crippen molar-refractivity contribution in [2.45, 2.75) is 33.2 Å². The predicted octanol–water partition coefficient (Wildman–Crippen LogP) is 2.42. The van der Waals surface area contributed by atoms with Crippen molar-refractivity contribution in [3.63, 3.8) is 0 Å². The van der Waals surface area contributed by atoms with Crippen molar-refractivity contribution in [2.75, 3.05) is 0 Å². The summed E-state index contributed by atoms with van der Waals surface area (Å²) in [7, 11) is 0. The van der Waals surface area contributed by atoms with Crippen molar-refractivity contribution >= 4 is 5.78 Å². The molecule has 94 valence electrons. The molecule has 0 aliphatic heterocycles. The summed E-state index contributed by atoms with van der Waals surface area (Å²) in [6, 6.07) is 1.77. The Morgan fingerprint density at radius 1 is 1.39 bits per heavy atom. The number of nitrogens with zero attached hydrogens (tertiary/aromatic N) is 3. The summed E-state index contributed by atoms with van der Waals surface area (Å²) in [4.78, 5) is 20.5. The van der Waals surface area contributed by atoms with Crippen LogP contribution in [0.25, 0.3) is 0 Å². The zero-order valence-electron chi connectivity index (χ0n) is 10.8. The molecule has 2 rings (SSSR count). The van der Waals surface area contributed by atoms with Gasteiger partial charge in [0.25, 0.3) is 0 Å². The van der Waals surface area contributed by atoms with Gasteiger partial charge in [0.2, 0.25) is 0 Å². The monoisotopic (exact) mass is 243 g/mol.